The third-order valence-corrected chi connectivity index (χ3v) is 8.29. The van der Waals surface area contributed by atoms with Crippen LogP contribution in [-0.4, -0.2) is 59.5 Å². The molecule has 0 heterocycles. The zero-order valence-corrected chi connectivity index (χ0v) is 23.2. The summed E-state index contributed by atoms with van der Waals surface area (Å²) < 4.78 is 82.4. The van der Waals surface area contributed by atoms with E-state index in [1.54, 1.807) is 6.07 Å². The van der Waals surface area contributed by atoms with Gasteiger partial charge in [0.1, 0.15) is 16.5 Å². The van der Waals surface area contributed by atoms with Gasteiger partial charge in [-0.05, 0) is 75.8 Å². The normalized spacial score (nSPS) is 20.8. The first-order valence-electron chi connectivity index (χ1n) is 12.0. The van der Waals surface area contributed by atoms with E-state index >= 15 is 4.39 Å². The van der Waals surface area contributed by atoms with Crippen LogP contribution in [0.5, 0.6) is 0 Å². The van der Waals surface area contributed by atoms with Crippen molar-refractivity contribution >= 4 is 40.2 Å². The molecule has 1 fully saturated rings. The van der Waals surface area contributed by atoms with Gasteiger partial charge >= 0.3 is 6.18 Å². The van der Waals surface area contributed by atoms with Crippen LogP contribution in [0, 0.1) is 5.82 Å². The van der Waals surface area contributed by atoms with Gasteiger partial charge in [-0.3, -0.25) is 9.71 Å². The molecule has 39 heavy (non-hydrogen) atoms. The van der Waals surface area contributed by atoms with Gasteiger partial charge in [-0.25, -0.2) is 17.8 Å². The second-order valence-electron chi connectivity index (χ2n) is 9.40. The molecular weight excluding hydrogens is 558 g/mol. The van der Waals surface area contributed by atoms with E-state index < -0.39 is 32.5 Å². The minimum absolute atomic E-state index is 0.0125. The highest BCUT2D eigenvalue weighted by atomic mass is 35.5. The molecule has 0 aliphatic heterocycles. The molecule has 0 spiro atoms. The van der Waals surface area contributed by atoms with E-state index in [1.165, 1.54) is 31.5 Å². The molecule has 7 nitrogen and oxygen atoms in total. The van der Waals surface area contributed by atoms with Crippen molar-refractivity contribution in [1.29, 1.82) is 0 Å². The summed E-state index contributed by atoms with van der Waals surface area (Å²) in [4.78, 5) is 8.55. The van der Waals surface area contributed by atoms with Gasteiger partial charge in [0, 0.05) is 25.3 Å². The number of hydrogen-bond donors (Lipinski definition) is 2. The SMILES string of the molecule is C=N/C(=C\C=N/C)NS(=O)(=O)c1cc(Cl)c(N[C@H]2CC[C@H](c3cccc(C(F)(F)F)c3)C[C@@H]2N(C)C)cc1F. The molecule has 212 valence electrons. The van der Waals surface area contributed by atoms with E-state index in [9.17, 15) is 21.6 Å². The maximum absolute atomic E-state index is 15.0. The first kappa shape index (κ1) is 30.6. The van der Waals surface area contributed by atoms with Gasteiger partial charge in [-0.15, -0.1) is 0 Å². The smallest absolute Gasteiger partial charge is 0.379 e. The lowest BCUT2D eigenvalue weighted by atomic mass is 9.78. The van der Waals surface area contributed by atoms with Crippen LogP contribution < -0.4 is 10.0 Å². The Balaban J connectivity index is 1.82. The number of allylic oxidation sites excluding steroid dienone is 1. The second-order valence-corrected chi connectivity index (χ2v) is 11.5. The van der Waals surface area contributed by atoms with Crippen molar-refractivity contribution in [3.8, 4) is 0 Å². The fraction of sp³-hybridized carbons (Fsp3) is 0.385. The number of likely N-dealkylation sites (N-methyl/N-ethyl adjacent to an activating group) is 1. The summed E-state index contributed by atoms with van der Waals surface area (Å²) in [5.41, 5.74) is 0.144. The van der Waals surface area contributed by atoms with E-state index in [1.807, 2.05) is 19.0 Å². The highest BCUT2D eigenvalue weighted by Crippen LogP contribution is 2.39. The summed E-state index contributed by atoms with van der Waals surface area (Å²) in [6, 6.07) is 7.07. The van der Waals surface area contributed by atoms with Crippen molar-refractivity contribution < 1.29 is 26.0 Å². The Labute approximate surface area is 230 Å². The quantitative estimate of drug-likeness (QED) is 0.291. The van der Waals surface area contributed by atoms with Crippen LogP contribution in [0.3, 0.4) is 0 Å². The summed E-state index contributed by atoms with van der Waals surface area (Å²) in [5.74, 6) is -1.27. The van der Waals surface area contributed by atoms with Crippen LogP contribution in [0.25, 0.3) is 0 Å². The Morgan fingerprint density at radius 2 is 1.92 bits per heavy atom. The Bertz CT molecular complexity index is 1360. The van der Waals surface area contributed by atoms with Gasteiger partial charge in [0.05, 0.1) is 16.3 Å². The number of nitrogens with one attached hydrogen (secondary N) is 2. The van der Waals surface area contributed by atoms with Gasteiger partial charge in [0.25, 0.3) is 10.0 Å². The van der Waals surface area contributed by atoms with Crippen LogP contribution >= 0.6 is 11.6 Å². The standard InChI is InChI=1S/C26H30ClF4N5O2S/c1-32-11-10-25(33-2)35-39(37,38)24-14-19(27)22(15-20(24)28)34-21-9-8-17(13-23(21)36(3)4)16-6-5-7-18(12-16)26(29,30)31/h5-7,10-12,14-15,17,21,23,34-35H,2,8-9,13H2,1,3-4H3/b25-10+,32-11-/t17-,21-,23-/m0/s1. The summed E-state index contributed by atoms with van der Waals surface area (Å²) in [6.07, 6.45) is -0.127. The summed E-state index contributed by atoms with van der Waals surface area (Å²) in [7, 11) is 0.832. The Morgan fingerprint density at radius 3 is 2.54 bits per heavy atom. The fourth-order valence-electron chi connectivity index (χ4n) is 4.66. The summed E-state index contributed by atoms with van der Waals surface area (Å²) in [6.45, 7) is 3.28. The third-order valence-electron chi connectivity index (χ3n) is 6.61. The number of benzene rings is 2. The number of rotatable bonds is 9. The minimum atomic E-state index is -4.42. The fourth-order valence-corrected chi connectivity index (χ4v) is 6.05. The Kier molecular flexibility index (Phi) is 9.78. The number of anilines is 1. The minimum Gasteiger partial charge on any atom is -0.379 e. The molecule has 13 heteroatoms. The summed E-state index contributed by atoms with van der Waals surface area (Å²) >= 11 is 6.38. The van der Waals surface area contributed by atoms with Crippen molar-refractivity contribution in [2.45, 2.75) is 48.3 Å². The van der Waals surface area contributed by atoms with Gasteiger partial charge in [0.15, 0.2) is 0 Å². The molecule has 0 bridgehead atoms. The van der Waals surface area contributed by atoms with Crippen molar-refractivity contribution in [3.63, 3.8) is 0 Å². The molecule has 1 aliphatic rings. The van der Waals surface area contributed by atoms with E-state index in [0.717, 1.165) is 18.2 Å². The number of sulfonamides is 1. The number of nitrogens with zero attached hydrogens (tertiary/aromatic N) is 3. The van der Waals surface area contributed by atoms with Crippen molar-refractivity contribution in [3.05, 3.63) is 70.3 Å². The molecule has 2 aromatic rings. The zero-order valence-electron chi connectivity index (χ0n) is 21.6. The zero-order chi connectivity index (χ0) is 29.0. The number of alkyl halides is 3. The molecule has 0 radical (unpaired) electrons. The topological polar surface area (TPSA) is 86.2 Å². The molecule has 0 aromatic heterocycles. The summed E-state index contributed by atoms with van der Waals surface area (Å²) in [5, 5.41) is 3.21. The molecule has 2 N–H and O–H groups in total. The molecular formula is C26H30ClF4N5O2S. The molecule has 1 saturated carbocycles. The van der Waals surface area contributed by atoms with Crippen LogP contribution in [0.15, 0.2) is 63.2 Å². The van der Waals surface area contributed by atoms with Crippen LogP contribution in [-0.2, 0) is 16.2 Å². The lowest BCUT2D eigenvalue weighted by Crippen LogP contribution is -2.47. The average Bonchev–Trinajstić information content (AvgIpc) is 2.88. The van der Waals surface area contributed by atoms with Crippen molar-refractivity contribution in [2.24, 2.45) is 9.98 Å². The van der Waals surface area contributed by atoms with Gasteiger partial charge in [-0.2, -0.15) is 13.2 Å². The van der Waals surface area contributed by atoms with Crippen LogP contribution in [0.4, 0.5) is 23.2 Å². The van der Waals surface area contributed by atoms with E-state index in [0.29, 0.717) is 24.8 Å². The maximum atomic E-state index is 15.0. The molecule has 1 aliphatic carbocycles. The highest BCUT2D eigenvalue weighted by molar-refractivity contribution is 7.89. The third kappa shape index (κ3) is 7.58. The van der Waals surface area contributed by atoms with Crippen LogP contribution in [0.1, 0.15) is 36.3 Å². The van der Waals surface area contributed by atoms with Crippen molar-refractivity contribution in [1.82, 2.24) is 9.62 Å². The average molecular weight is 588 g/mol. The predicted molar refractivity (Wildman–Crippen MR) is 147 cm³/mol. The second kappa shape index (κ2) is 12.5. The molecule has 2 aromatic carbocycles. The molecule has 0 unspecified atom stereocenters. The first-order valence-corrected chi connectivity index (χ1v) is 13.8. The number of hydrogen-bond acceptors (Lipinski definition) is 6. The molecule has 3 rings (SSSR count). The van der Waals surface area contributed by atoms with E-state index in [-0.39, 0.29) is 34.5 Å². The number of halogens is 5. The maximum Gasteiger partial charge on any atom is 0.416 e. The van der Waals surface area contributed by atoms with Gasteiger partial charge < -0.3 is 10.2 Å². The van der Waals surface area contributed by atoms with Gasteiger partial charge in [0.2, 0.25) is 0 Å². The van der Waals surface area contributed by atoms with Crippen LogP contribution in [0.2, 0.25) is 5.02 Å². The van der Waals surface area contributed by atoms with Gasteiger partial charge in [-0.1, -0.05) is 29.8 Å². The first-order chi connectivity index (χ1) is 18.3. The number of aliphatic imine (C=N–C) groups is 2. The molecule has 0 saturated heterocycles. The molecule has 3 atom stereocenters. The highest BCUT2D eigenvalue weighted by Gasteiger charge is 2.35. The lowest BCUT2D eigenvalue weighted by Gasteiger charge is -2.41. The Hall–Kier alpha value is -2.96. The lowest BCUT2D eigenvalue weighted by molar-refractivity contribution is -0.137. The monoisotopic (exact) mass is 587 g/mol. The molecule has 0 amide bonds. The predicted octanol–water partition coefficient (Wildman–Crippen LogP) is 5.70. The van der Waals surface area contributed by atoms with E-state index in [4.69, 9.17) is 11.6 Å². The Morgan fingerprint density at radius 1 is 1.21 bits per heavy atom. The van der Waals surface area contributed by atoms with Crippen molar-refractivity contribution in [2.75, 3.05) is 26.5 Å². The largest absolute Gasteiger partial charge is 0.416 e. The van der Waals surface area contributed by atoms with E-state index in [2.05, 4.69) is 26.7 Å².